The number of carboxylic acids is 1. The summed E-state index contributed by atoms with van der Waals surface area (Å²) in [5.41, 5.74) is 1.24. The molecule has 2 N–H and O–H groups in total. The van der Waals surface area contributed by atoms with Crippen molar-refractivity contribution in [2.24, 2.45) is 5.92 Å². The van der Waals surface area contributed by atoms with Crippen molar-refractivity contribution in [2.75, 3.05) is 6.54 Å². The molecule has 1 unspecified atom stereocenters. The van der Waals surface area contributed by atoms with Gasteiger partial charge in [-0.15, -0.1) is 0 Å². The first-order chi connectivity index (χ1) is 7.74. The molecule has 0 saturated heterocycles. The molecule has 3 nitrogen and oxygen atoms in total. The van der Waals surface area contributed by atoms with E-state index in [-0.39, 0.29) is 0 Å². The van der Waals surface area contributed by atoms with Gasteiger partial charge in [0.05, 0.1) is 5.92 Å². The highest BCUT2D eigenvalue weighted by atomic mass is 35.5. The summed E-state index contributed by atoms with van der Waals surface area (Å²) in [6, 6.07) is 10.1. The van der Waals surface area contributed by atoms with Crippen molar-refractivity contribution in [2.45, 2.75) is 19.3 Å². The van der Waals surface area contributed by atoms with Gasteiger partial charge in [-0.2, -0.15) is 0 Å². The molecule has 4 heteroatoms. The van der Waals surface area contributed by atoms with Gasteiger partial charge in [-0.25, -0.2) is 4.84 Å². The average Bonchev–Trinajstić information content (AvgIpc) is 2.29. The summed E-state index contributed by atoms with van der Waals surface area (Å²) in [4.78, 5) is 13.2. The van der Waals surface area contributed by atoms with E-state index in [1.807, 2.05) is 18.2 Å². The largest absolute Gasteiger partial charge is 0.481 e. The summed E-state index contributed by atoms with van der Waals surface area (Å²) in [7, 11) is 0. The lowest BCUT2D eigenvalue weighted by molar-refractivity contribution is -0.141. The highest BCUT2D eigenvalue weighted by Gasteiger charge is 2.15. The van der Waals surface area contributed by atoms with Crippen LogP contribution < -0.4 is 4.84 Å². The Labute approximate surface area is 101 Å². The predicted octanol–water partition coefficient (Wildman–Crippen LogP) is 2.45. The predicted molar refractivity (Wildman–Crippen MR) is 64.4 cm³/mol. The Balaban J connectivity index is 2.31. The SMILES string of the molecule is O=C(O)C(CCCc1ccccc1)CNCl. The van der Waals surface area contributed by atoms with Crippen LogP contribution in [0.2, 0.25) is 0 Å². The van der Waals surface area contributed by atoms with Crippen LogP contribution in [-0.4, -0.2) is 17.6 Å². The minimum absolute atomic E-state index is 0.311. The Hall–Kier alpha value is -1.06. The Morgan fingerprint density at radius 3 is 2.62 bits per heavy atom. The fourth-order valence-corrected chi connectivity index (χ4v) is 1.79. The number of aryl methyl sites for hydroxylation is 1. The maximum absolute atomic E-state index is 10.8. The van der Waals surface area contributed by atoms with Gasteiger partial charge in [-0.05, 0) is 36.6 Å². The number of benzene rings is 1. The van der Waals surface area contributed by atoms with Gasteiger partial charge in [0.15, 0.2) is 0 Å². The first-order valence-electron chi connectivity index (χ1n) is 5.34. The number of rotatable bonds is 7. The van der Waals surface area contributed by atoms with E-state index in [0.717, 1.165) is 12.8 Å². The van der Waals surface area contributed by atoms with Gasteiger partial charge in [-0.1, -0.05) is 30.3 Å². The van der Waals surface area contributed by atoms with Crippen molar-refractivity contribution >= 4 is 17.7 Å². The van der Waals surface area contributed by atoms with Gasteiger partial charge in [-0.3, -0.25) is 4.79 Å². The standard InChI is InChI=1S/C12H16ClNO2/c13-14-9-11(12(15)16)8-4-7-10-5-2-1-3-6-10/h1-3,5-6,11,14H,4,7-9H2,(H,15,16). The minimum atomic E-state index is -0.791. The molecule has 0 amide bonds. The van der Waals surface area contributed by atoms with Crippen LogP contribution in [0.25, 0.3) is 0 Å². The van der Waals surface area contributed by atoms with Crippen LogP contribution in [0, 0.1) is 5.92 Å². The molecule has 0 spiro atoms. The van der Waals surface area contributed by atoms with Crippen molar-refractivity contribution in [1.29, 1.82) is 0 Å². The molecule has 1 atom stereocenters. The van der Waals surface area contributed by atoms with Gasteiger partial charge in [0.2, 0.25) is 0 Å². The van der Waals surface area contributed by atoms with Gasteiger partial charge in [0, 0.05) is 6.54 Å². The Morgan fingerprint density at radius 1 is 1.38 bits per heavy atom. The summed E-state index contributed by atoms with van der Waals surface area (Å²) in [5, 5.41) is 8.90. The summed E-state index contributed by atoms with van der Waals surface area (Å²) < 4.78 is 0. The van der Waals surface area contributed by atoms with Crippen LogP contribution in [-0.2, 0) is 11.2 Å². The maximum Gasteiger partial charge on any atom is 0.307 e. The van der Waals surface area contributed by atoms with E-state index >= 15 is 0 Å². The summed E-state index contributed by atoms with van der Waals surface area (Å²) in [6.07, 6.45) is 2.41. The van der Waals surface area contributed by atoms with E-state index in [4.69, 9.17) is 16.9 Å². The first kappa shape index (κ1) is 13.0. The van der Waals surface area contributed by atoms with Crippen molar-refractivity contribution in [3.63, 3.8) is 0 Å². The van der Waals surface area contributed by atoms with Crippen molar-refractivity contribution in [3.05, 3.63) is 35.9 Å². The average molecular weight is 242 g/mol. The third-order valence-electron chi connectivity index (χ3n) is 2.53. The maximum atomic E-state index is 10.8. The van der Waals surface area contributed by atoms with Gasteiger partial charge in [0.1, 0.15) is 0 Å². The van der Waals surface area contributed by atoms with E-state index in [2.05, 4.69) is 17.0 Å². The van der Waals surface area contributed by atoms with Crippen LogP contribution in [0.15, 0.2) is 30.3 Å². The number of halogens is 1. The van der Waals surface area contributed by atoms with E-state index in [9.17, 15) is 4.79 Å². The molecule has 1 aromatic carbocycles. The lowest BCUT2D eigenvalue weighted by Crippen LogP contribution is -2.23. The number of nitrogens with one attached hydrogen (secondary N) is 1. The molecule has 88 valence electrons. The summed E-state index contributed by atoms with van der Waals surface area (Å²) >= 11 is 5.32. The van der Waals surface area contributed by atoms with Gasteiger partial charge >= 0.3 is 5.97 Å². The fourth-order valence-electron chi connectivity index (χ4n) is 1.60. The molecule has 0 radical (unpaired) electrons. The Morgan fingerprint density at radius 2 is 2.06 bits per heavy atom. The van der Waals surface area contributed by atoms with Gasteiger partial charge in [0.25, 0.3) is 0 Å². The topological polar surface area (TPSA) is 49.3 Å². The second kappa shape index (κ2) is 7.25. The second-order valence-corrected chi connectivity index (χ2v) is 4.02. The quantitative estimate of drug-likeness (QED) is 0.721. The molecule has 0 aromatic heterocycles. The Kier molecular flexibility index (Phi) is 5.90. The van der Waals surface area contributed by atoms with E-state index in [0.29, 0.717) is 13.0 Å². The van der Waals surface area contributed by atoms with Crippen LogP contribution in [0.1, 0.15) is 18.4 Å². The zero-order chi connectivity index (χ0) is 11.8. The summed E-state index contributed by atoms with van der Waals surface area (Å²) in [6.45, 7) is 0.311. The smallest absolute Gasteiger partial charge is 0.307 e. The minimum Gasteiger partial charge on any atom is -0.481 e. The third-order valence-corrected chi connectivity index (χ3v) is 2.69. The molecule has 0 aliphatic heterocycles. The lowest BCUT2D eigenvalue weighted by atomic mass is 10.00. The normalized spacial score (nSPS) is 12.3. The molecular formula is C12H16ClNO2. The molecule has 16 heavy (non-hydrogen) atoms. The number of hydrogen-bond acceptors (Lipinski definition) is 2. The van der Waals surface area contributed by atoms with E-state index in [1.165, 1.54) is 5.56 Å². The molecule has 0 saturated carbocycles. The molecule has 0 heterocycles. The zero-order valence-electron chi connectivity index (χ0n) is 9.03. The van der Waals surface area contributed by atoms with Crippen LogP contribution >= 0.6 is 11.8 Å². The molecule has 1 rings (SSSR count). The molecular weight excluding hydrogens is 226 g/mol. The fraction of sp³-hybridized carbons (Fsp3) is 0.417. The number of carbonyl (C=O) groups is 1. The highest BCUT2D eigenvalue weighted by molar-refractivity contribution is 6.13. The van der Waals surface area contributed by atoms with Gasteiger partial charge < -0.3 is 5.11 Å². The monoisotopic (exact) mass is 241 g/mol. The molecule has 0 bridgehead atoms. The Bertz CT molecular complexity index is 316. The number of hydrogen-bond donors (Lipinski definition) is 2. The number of carboxylic acid groups (broad SMARTS) is 1. The van der Waals surface area contributed by atoms with Crippen molar-refractivity contribution < 1.29 is 9.90 Å². The molecule has 1 aromatic rings. The van der Waals surface area contributed by atoms with Crippen LogP contribution in [0.5, 0.6) is 0 Å². The van der Waals surface area contributed by atoms with Crippen LogP contribution in [0.3, 0.4) is 0 Å². The zero-order valence-corrected chi connectivity index (χ0v) is 9.78. The lowest BCUT2D eigenvalue weighted by Gasteiger charge is -2.10. The van der Waals surface area contributed by atoms with E-state index in [1.54, 1.807) is 0 Å². The molecule has 0 aliphatic carbocycles. The molecule has 0 aliphatic rings. The second-order valence-electron chi connectivity index (χ2n) is 3.75. The van der Waals surface area contributed by atoms with Crippen molar-refractivity contribution in [3.8, 4) is 0 Å². The van der Waals surface area contributed by atoms with E-state index < -0.39 is 11.9 Å². The molecule has 0 fully saturated rings. The summed E-state index contributed by atoms with van der Waals surface area (Å²) in [5.74, 6) is -1.19. The van der Waals surface area contributed by atoms with Crippen molar-refractivity contribution in [1.82, 2.24) is 4.84 Å². The third kappa shape index (κ3) is 4.64. The number of aliphatic carboxylic acids is 1. The highest BCUT2D eigenvalue weighted by Crippen LogP contribution is 2.10. The van der Waals surface area contributed by atoms with Crippen LogP contribution in [0.4, 0.5) is 0 Å². The first-order valence-corrected chi connectivity index (χ1v) is 5.72.